The molecule has 138 valence electrons. The Kier molecular flexibility index (Phi) is 3.99. The van der Waals surface area contributed by atoms with Gasteiger partial charge in [0, 0.05) is 10.9 Å². The Morgan fingerprint density at radius 2 is 1.68 bits per heavy atom. The summed E-state index contributed by atoms with van der Waals surface area (Å²) >= 11 is 0. The van der Waals surface area contributed by atoms with Crippen molar-refractivity contribution < 1.29 is 8.81 Å². The van der Waals surface area contributed by atoms with Crippen LogP contribution in [0.5, 0.6) is 0 Å². The Bertz CT molecular complexity index is 1190. The third kappa shape index (κ3) is 2.70. The number of furan rings is 1. The van der Waals surface area contributed by atoms with Crippen molar-refractivity contribution in [3.63, 3.8) is 0 Å². The largest absolute Gasteiger partial charge is 0.454 e. The first kappa shape index (κ1) is 16.8. The molecule has 0 saturated heterocycles. The molecule has 1 heterocycles. The quantitative estimate of drug-likeness (QED) is 0.360. The number of nitrogens with two attached hydrogens (primary N) is 1. The molecule has 5 rings (SSSR count). The minimum atomic E-state index is -0.368. The molecule has 2 N–H and O–H groups in total. The van der Waals surface area contributed by atoms with Crippen molar-refractivity contribution in [3.05, 3.63) is 96.0 Å². The Hall–Kier alpha value is -3.37. The Morgan fingerprint density at radius 1 is 0.893 bits per heavy atom. The lowest BCUT2D eigenvalue weighted by Gasteiger charge is -2.24. The summed E-state index contributed by atoms with van der Waals surface area (Å²) in [4.78, 5) is 0. The topological polar surface area (TPSA) is 42.4 Å². The summed E-state index contributed by atoms with van der Waals surface area (Å²) in [6.45, 7) is 0. The van der Waals surface area contributed by atoms with Gasteiger partial charge < -0.3 is 4.42 Å². The number of hydrogen-bond acceptors (Lipinski definition) is 3. The predicted molar refractivity (Wildman–Crippen MR) is 111 cm³/mol. The molecule has 0 unspecified atom stereocenters. The van der Waals surface area contributed by atoms with Crippen LogP contribution < -0.4 is 10.9 Å². The fourth-order valence-corrected chi connectivity index (χ4v) is 3.85. The van der Waals surface area contributed by atoms with Gasteiger partial charge in [-0.25, -0.2) is 10.2 Å². The number of para-hydroxylation sites is 1. The van der Waals surface area contributed by atoms with E-state index in [0.29, 0.717) is 11.4 Å². The van der Waals surface area contributed by atoms with Crippen LogP contribution in [0.2, 0.25) is 0 Å². The van der Waals surface area contributed by atoms with E-state index < -0.39 is 0 Å². The van der Waals surface area contributed by atoms with E-state index in [1.54, 1.807) is 6.07 Å². The van der Waals surface area contributed by atoms with Gasteiger partial charge in [0.15, 0.2) is 5.76 Å². The molecule has 0 fully saturated rings. The van der Waals surface area contributed by atoms with Gasteiger partial charge in [-0.1, -0.05) is 60.7 Å². The van der Waals surface area contributed by atoms with E-state index in [2.05, 4.69) is 6.07 Å². The summed E-state index contributed by atoms with van der Waals surface area (Å²) in [5, 5.41) is 2.49. The second kappa shape index (κ2) is 6.66. The number of nitrogens with zero attached hydrogens (tertiary/aromatic N) is 1. The van der Waals surface area contributed by atoms with Crippen molar-refractivity contribution in [2.24, 2.45) is 5.84 Å². The van der Waals surface area contributed by atoms with Crippen LogP contribution in [0.1, 0.15) is 17.7 Å². The molecular weight excluding hydrogens is 351 g/mol. The molecule has 1 aliphatic carbocycles. The zero-order chi connectivity index (χ0) is 19.1. The lowest BCUT2D eigenvalue weighted by Crippen LogP contribution is -2.31. The normalized spacial score (nSPS) is 13.3. The smallest absolute Gasteiger partial charge is 0.156 e. The van der Waals surface area contributed by atoms with Crippen molar-refractivity contribution in [1.82, 2.24) is 0 Å². The van der Waals surface area contributed by atoms with Crippen LogP contribution in [0, 0.1) is 5.82 Å². The number of allylic oxidation sites excluding steroid dienone is 1. The van der Waals surface area contributed by atoms with Crippen molar-refractivity contribution in [3.8, 4) is 11.1 Å². The number of halogens is 1. The number of hydrogen-bond donors (Lipinski definition) is 1. The first-order valence-electron chi connectivity index (χ1n) is 9.33. The van der Waals surface area contributed by atoms with Crippen LogP contribution in [0.3, 0.4) is 0 Å². The number of benzene rings is 3. The number of aryl methyl sites for hydroxylation is 1. The standard InChI is InChI=1S/C24H19FN2O/c25-20-15-17(16-7-2-1-3-8-16)13-14-21(20)27(26)22-11-6-10-19-18-9-4-5-12-23(18)28-24(19)22/h1-5,7-9,11-15H,6,10,26H2. The Morgan fingerprint density at radius 3 is 2.50 bits per heavy atom. The molecule has 0 atom stereocenters. The van der Waals surface area contributed by atoms with Crippen LogP contribution in [0.4, 0.5) is 10.1 Å². The average molecular weight is 370 g/mol. The van der Waals surface area contributed by atoms with Gasteiger partial charge in [-0.05, 0) is 42.2 Å². The molecule has 4 aromatic rings. The van der Waals surface area contributed by atoms with Crippen LogP contribution in [0.25, 0.3) is 27.8 Å². The second-order valence-corrected chi connectivity index (χ2v) is 6.94. The number of rotatable bonds is 3. The summed E-state index contributed by atoms with van der Waals surface area (Å²) in [6.07, 6.45) is 3.73. The molecule has 0 aliphatic heterocycles. The SMILES string of the molecule is NN(C1=CCCc2c1oc1ccccc21)c1ccc(-c2ccccc2)cc1F. The molecule has 3 nitrogen and oxygen atoms in total. The maximum absolute atomic E-state index is 14.9. The summed E-state index contributed by atoms with van der Waals surface area (Å²) in [6, 6.07) is 22.8. The number of anilines is 1. The Balaban J connectivity index is 1.54. The first-order chi connectivity index (χ1) is 13.7. The number of fused-ring (bicyclic) bond motifs is 3. The molecule has 0 amide bonds. The highest BCUT2D eigenvalue weighted by atomic mass is 19.1. The second-order valence-electron chi connectivity index (χ2n) is 6.94. The van der Waals surface area contributed by atoms with Gasteiger partial charge in [0.1, 0.15) is 11.4 Å². The van der Waals surface area contributed by atoms with Crippen molar-refractivity contribution in [2.45, 2.75) is 12.8 Å². The van der Waals surface area contributed by atoms with Crippen LogP contribution >= 0.6 is 0 Å². The highest BCUT2D eigenvalue weighted by molar-refractivity contribution is 5.90. The third-order valence-corrected chi connectivity index (χ3v) is 5.24. The molecule has 3 aromatic carbocycles. The molecule has 0 radical (unpaired) electrons. The maximum atomic E-state index is 14.9. The first-order valence-corrected chi connectivity index (χ1v) is 9.33. The zero-order valence-corrected chi connectivity index (χ0v) is 15.2. The van der Waals surface area contributed by atoms with Crippen molar-refractivity contribution in [2.75, 3.05) is 5.01 Å². The number of hydrazine groups is 1. The fraction of sp³-hybridized carbons (Fsp3) is 0.0833. The minimum Gasteiger partial charge on any atom is -0.454 e. The van der Waals surface area contributed by atoms with Gasteiger partial charge in [-0.2, -0.15) is 0 Å². The minimum absolute atomic E-state index is 0.319. The van der Waals surface area contributed by atoms with E-state index in [1.807, 2.05) is 60.7 Å². The van der Waals surface area contributed by atoms with Gasteiger partial charge in [-0.15, -0.1) is 0 Å². The van der Waals surface area contributed by atoms with Crippen LogP contribution in [-0.2, 0) is 6.42 Å². The van der Waals surface area contributed by atoms with E-state index in [-0.39, 0.29) is 5.82 Å². The summed E-state index contributed by atoms with van der Waals surface area (Å²) in [5.74, 6) is 6.72. The average Bonchev–Trinajstić information content (AvgIpc) is 3.13. The zero-order valence-electron chi connectivity index (χ0n) is 15.2. The molecule has 4 heteroatoms. The molecule has 0 saturated carbocycles. The molecule has 1 aromatic heterocycles. The van der Waals surface area contributed by atoms with E-state index >= 15 is 0 Å². The fourth-order valence-electron chi connectivity index (χ4n) is 3.85. The van der Waals surface area contributed by atoms with Crippen molar-refractivity contribution >= 4 is 22.4 Å². The molecule has 1 aliphatic rings. The molecular formula is C24H19FN2O. The van der Waals surface area contributed by atoms with Gasteiger partial charge in [0.2, 0.25) is 0 Å². The summed E-state index contributed by atoms with van der Waals surface area (Å²) < 4.78 is 21.0. The maximum Gasteiger partial charge on any atom is 0.156 e. The van der Waals surface area contributed by atoms with E-state index in [0.717, 1.165) is 46.3 Å². The lowest BCUT2D eigenvalue weighted by atomic mass is 9.98. The Labute approximate surface area is 162 Å². The molecule has 28 heavy (non-hydrogen) atoms. The van der Waals surface area contributed by atoms with Gasteiger partial charge in [0.05, 0.1) is 11.4 Å². The predicted octanol–water partition coefficient (Wildman–Crippen LogP) is 5.91. The van der Waals surface area contributed by atoms with Crippen LogP contribution in [0.15, 0.2) is 83.3 Å². The molecule has 0 bridgehead atoms. The monoisotopic (exact) mass is 370 g/mol. The van der Waals surface area contributed by atoms with Gasteiger partial charge in [-0.3, -0.25) is 5.01 Å². The highest BCUT2D eigenvalue weighted by Gasteiger charge is 2.25. The van der Waals surface area contributed by atoms with Gasteiger partial charge >= 0.3 is 0 Å². The van der Waals surface area contributed by atoms with E-state index in [1.165, 1.54) is 11.1 Å². The lowest BCUT2D eigenvalue weighted by molar-refractivity contribution is 0.584. The third-order valence-electron chi connectivity index (χ3n) is 5.24. The summed E-state index contributed by atoms with van der Waals surface area (Å²) in [5.41, 5.74) is 4.76. The van der Waals surface area contributed by atoms with Crippen LogP contribution in [-0.4, -0.2) is 0 Å². The van der Waals surface area contributed by atoms with E-state index in [9.17, 15) is 4.39 Å². The van der Waals surface area contributed by atoms with Crippen molar-refractivity contribution in [1.29, 1.82) is 0 Å². The highest BCUT2D eigenvalue weighted by Crippen LogP contribution is 2.38. The van der Waals surface area contributed by atoms with Gasteiger partial charge in [0.25, 0.3) is 0 Å². The summed E-state index contributed by atoms with van der Waals surface area (Å²) in [7, 11) is 0. The van der Waals surface area contributed by atoms with E-state index in [4.69, 9.17) is 10.3 Å². The molecule has 0 spiro atoms.